The van der Waals surface area contributed by atoms with E-state index in [0.717, 1.165) is 62.6 Å². The maximum atomic E-state index is 11.7. The number of allylic oxidation sites excluding steroid dienone is 2. The molecule has 1 radical (unpaired) electrons. The summed E-state index contributed by atoms with van der Waals surface area (Å²) in [5.74, 6) is 7.58. The monoisotopic (exact) mass is 925 g/mol. The van der Waals surface area contributed by atoms with Crippen molar-refractivity contribution < 1.29 is 34.4 Å². The minimum Gasteiger partial charge on any atom is 0 e. The Balaban J connectivity index is 0.000000312. The molecule has 0 bridgehead atoms. The zero-order chi connectivity index (χ0) is 36.9. The molecule has 0 aliphatic heterocycles. The number of furan rings is 1. The van der Waals surface area contributed by atoms with Gasteiger partial charge in [-0.25, -0.2) is 0 Å². The molecule has 0 saturated heterocycles. The minimum atomic E-state index is -2.10. The minimum absolute atomic E-state index is 0. The van der Waals surface area contributed by atoms with Crippen molar-refractivity contribution in [1.82, 2.24) is 15.0 Å². The largest absolute Gasteiger partial charge is 0 e. The third-order valence-electron chi connectivity index (χ3n) is 10.3. The van der Waals surface area contributed by atoms with Crippen LogP contribution in [-0.4, -0.2) is 39.1 Å². The van der Waals surface area contributed by atoms with Gasteiger partial charge in [0, 0.05) is 37.0 Å². The van der Waals surface area contributed by atoms with Gasteiger partial charge >= 0.3 is 201 Å². The summed E-state index contributed by atoms with van der Waals surface area (Å²) in [6.07, 6.45) is 4.75. The van der Waals surface area contributed by atoms with E-state index >= 15 is 0 Å². The van der Waals surface area contributed by atoms with Crippen LogP contribution in [0, 0.1) is 44.6 Å². The quantitative estimate of drug-likeness (QED) is 0.0589. The Morgan fingerprint density at radius 1 is 0.922 bits per heavy atom. The van der Waals surface area contributed by atoms with Crippen molar-refractivity contribution in [3.05, 3.63) is 83.0 Å². The van der Waals surface area contributed by atoms with Crippen LogP contribution in [0.2, 0.25) is 17.3 Å². The number of carbonyl (C=O) groups excluding carboxylic acids is 1. The molecule has 0 amide bonds. The summed E-state index contributed by atoms with van der Waals surface area (Å²) in [6, 6.07) is 16.3. The molecule has 0 spiro atoms. The fraction of sp³-hybridized carbons (Fsp3) is 0.395. The van der Waals surface area contributed by atoms with Crippen LogP contribution >= 0.6 is 0 Å². The average molecular weight is 924 g/mol. The molecule has 3 heterocycles. The summed E-state index contributed by atoms with van der Waals surface area (Å²) in [6.45, 7) is 20.2. The molecule has 0 aliphatic rings. The molecule has 3 aromatic carbocycles. The van der Waals surface area contributed by atoms with Gasteiger partial charge in [0.1, 0.15) is 5.76 Å². The normalized spacial score (nSPS) is 12.7. The number of nitrogens with zero attached hydrogens (tertiary/aromatic N) is 3. The average Bonchev–Trinajstić information content (AvgIpc) is 3.42. The number of hydrogen-bond acceptors (Lipinski definition) is 6. The Hall–Kier alpha value is -3.39. The van der Waals surface area contributed by atoms with Crippen LogP contribution in [0.1, 0.15) is 76.8 Å². The van der Waals surface area contributed by atoms with Crippen molar-refractivity contribution in [3.8, 4) is 11.3 Å². The number of aryl methyl sites for hydroxylation is 4. The summed E-state index contributed by atoms with van der Waals surface area (Å²) in [5.41, 5.74) is 8.25. The first-order valence-electron chi connectivity index (χ1n) is 17.7. The van der Waals surface area contributed by atoms with Crippen LogP contribution in [0.5, 0.6) is 0 Å². The van der Waals surface area contributed by atoms with Gasteiger partial charge in [0.15, 0.2) is 5.78 Å². The van der Waals surface area contributed by atoms with E-state index < -0.39 is 18.7 Å². The molecule has 8 heteroatoms. The predicted molar refractivity (Wildman–Crippen MR) is 212 cm³/mol. The summed E-state index contributed by atoms with van der Waals surface area (Å²) < 4.78 is 7.91. The molecule has 3 aromatic heterocycles. The van der Waals surface area contributed by atoms with Gasteiger partial charge in [-0.1, -0.05) is 41.5 Å². The van der Waals surface area contributed by atoms with E-state index in [1.807, 2.05) is 60.6 Å². The number of ketones is 1. The number of pyridine rings is 1. The molecule has 6 nitrogen and oxygen atoms in total. The summed E-state index contributed by atoms with van der Waals surface area (Å²) in [4.78, 5) is 25.9. The SMILES string of the molecule is CCC(C)(CC)/C(O)=C/C(=O)C(C)(C)C.Cc1ccc2c(n1)oc1c(-c3ncnc4c3ccc3cc(C)[c]([Ge]([CH3])([CH3])[CH3])c(C)c34)[c-]cc(C)c12.[Ir]. The number of hydrogen-bond donors (Lipinski definition) is 1. The molecule has 51 heavy (non-hydrogen) atoms. The molecule has 0 saturated carbocycles. The predicted octanol–water partition coefficient (Wildman–Crippen LogP) is 11.2. The maximum absolute atomic E-state index is 11.7. The first kappa shape index (κ1) is 40.4. The van der Waals surface area contributed by atoms with Gasteiger partial charge in [-0.05, 0) is 19.8 Å². The third kappa shape index (κ3) is 7.72. The second-order valence-corrected chi connectivity index (χ2v) is 26.6. The molecule has 1 N–H and O–H groups in total. The van der Waals surface area contributed by atoms with Crippen LogP contribution in [-0.2, 0) is 24.9 Å². The van der Waals surface area contributed by atoms with Gasteiger partial charge in [0.25, 0.3) is 0 Å². The number of benzene rings is 3. The Labute approximate surface area is 319 Å². The molecule has 271 valence electrons. The van der Waals surface area contributed by atoms with E-state index in [9.17, 15) is 9.90 Å². The van der Waals surface area contributed by atoms with Crippen LogP contribution in [0.15, 0.2) is 59.0 Å². The Morgan fingerprint density at radius 3 is 2.18 bits per heavy atom. The third-order valence-corrected chi connectivity index (χ3v) is 15.0. The molecule has 6 aromatic rings. The first-order chi connectivity index (χ1) is 23.3. The molecular weight excluding hydrogens is 871 g/mol. The maximum Gasteiger partial charge on any atom is 0 e. The second-order valence-electron chi connectivity index (χ2n) is 16.1. The van der Waals surface area contributed by atoms with Crippen LogP contribution in [0.4, 0.5) is 0 Å². The smallest absolute Gasteiger partial charge is 0 e. The summed E-state index contributed by atoms with van der Waals surface area (Å²) in [7, 11) is 0. The van der Waals surface area contributed by atoms with Crippen molar-refractivity contribution in [3.63, 3.8) is 0 Å². The van der Waals surface area contributed by atoms with Gasteiger partial charge in [0.05, 0.1) is 0 Å². The molecule has 0 atom stereocenters. The summed E-state index contributed by atoms with van der Waals surface area (Å²) in [5, 5.41) is 15.5. The van der Waals surface area contributed by atoms with E-state index in [2.05, 4.69) is 73.4 Å². The Kier molecular flexibility index (Phi) is 11.8. The fourth-order valence-corrected chi connectivity index (χ4v) is 12.3. The number of aliphatic hydroxyl groups is 1. The fourth-order valence-electron chi connectivity index (χ4n) is 7.00. The second kappa shape index (κ2) is 14.9. The molecule has 0 unspecified atom stereocenters. The van der Waals surface area contributed by atoms with E-state index in [1.165, 1.54) is 28.0 Å². The molecule has 6 rings (SSSR count). The summed E-state index contributed by atoms with van der Waals surface area (Å²) >= 11 is -2.10. The Bertz CT molecular complexity index is 2300. The molecule has 0 fully saturated rings. The van der Waals surface area contributed by atoms with Crippen molar-refractivity contribution in [2.24, 2.45) is 10.8 Å². The van der Waals surface area contributed by atoms with Crippen molar-refractivity contribution in [2.75, 3.05) is 0 Å². The van der Waals surface area contributed by atoms with Gasteiger partial charge < -0.3 is 5.11 Å². The van der Waals surface area contributed by atoms with Gasteiger partial charge in [-0.15, -0.1) is 0 Å². The van der Waals surface area contributed by atoms with E-state index in [1.54, 1.807) is 10.7 Å². The van der Waals surface area contributed by atoms with Crippen molar-refractivity contribution in [2.45, 2.75) is 99.3 Å². The van der Waals surface area contributed by atoms with Gasteiger partial charge in [0.2, 0.25) is 0 Å². The van der Waals surface area contributed by atoms with Crippen molar-refractivity contribution >= 4 is 67.2 Å². The van der Waals surface area contributed by atoms with Crippen LogP contribution in [0.25, 0.3) is 55.0 Å². The van der Waals surface area contributed by atoms with E-state index in [4.69, 9.17) is 14.4 Å². The first-order valence-corrected chi connectivity index (χ1v) is 25.0. The van der Waals surface area contributed by atoms with Crippen molar-refractivity contribution in [1.29, 1.82) is 0 Å². The Morgan fingerprint density at radius 2 is 1.57 bits per heavy atom. The van der Waals surface area contributed by atoms with Crippen LogP contribution in [0.3, 0.4) is 0 Å². The topological polar surface area (TPSA) is 89.1 Å². The van der Waals surface area contributed by atoms with E-state index in [0.29, 0.717) is 5.71 Å². The zero-order valence-electron chi connectivity index (χ0n) is 32.5. The van der Waals surface area contributed by atoms with Gasteiger partial charge in [-0.3, -0.25) is 4.79 Å². The number of fused-ring (bicyclic) bond motifs is 6. The number of carbonyl (C=O) groups is 1. The molecular formula is C43H52GeIrN3O3-. The van der Waals surface area contributed by atoms with E-state index in [-0.39, 0.29) is 37.1 Å². The number of aliphatic hydroxyl groups excluding tert-OH is 1. The van der Waals surface area contributed by atoms with Crippen LogP contribution < -0.4 is 4.40 Å². The number of aromatic nitrogens is 3. The number of rotatable bonds is 6. The van der Waals surface area contributed by atoms with Gasteiger partial charge in [-0.2, -0.15) is 0 Å². The standard InChI is InChI=1S/C30H28GeN3O.C13H24O2.Ir/c1-16-8-11-23(29-24(16)21-12-9-18(3)34-30(21)35-29)27-22-13-10-20-14-17(2)26(31(5,6)7)19(4)25(20)28(22)33-15-32-27;1-7-13(6,8-2)11(15)9-10(14)12(3,4)5;/h8-10,12-15H,1-7H3;9,15H,7-8H2,1-6H3;/q-1;;/b;11-9-;. The zero-order valence-corrected chi connectivity index (χ0v) is 37.0. The molecule has 0 aliphatic carbocycles.